The highest BCUT2D eigenvalue weighted by molar-refractivity contribution is 7.91. The third-order valence-corrected chi connectivity index (χ3v) is 8.88. The van der Waals surface area contributed by atoms with Crippen LogP contribution in [-0.2, 0) is 24.3 Å². The lowest BCUT2D eigenvalue weighted by atomic mass is 9.98. The number of hydrogen-bond acceptors (Lipinski definition) is 8. The summed E-state index contributed by atoms with van der Waals surface area (Å²) in [5, 5.41) is 20.1. The van der Waals surface area contributed by atoms with E-state index in [9.17, 15) is 28.5 Å². The number of fused-ring (bicyclic) bond motifs is 1. The standard InChI is InChI=1S/C22H18N4O5S2/c23-12-16(13-24)20-17-4-1-2-5-18(17)26(21(20)27)14-31-22(28)15-7-9-25(10-8-15)33(29,30)19-6-3-11-32-19/h1-6,11,15H,7-10,14H2. The fraction of sp³-hybridized carbons (Fsp3) is 0.273. The number of para-hydroxylation sites is 1. The van der Waals surface area contributed by atoms with E-state index in [1.165, 1.54) is 9.21 Å². The minimum Gasteiger partial charge on any atom is -0.444 e. The minimum atomic E-state index is -3.56. The van der Waals surface area contributed by atoms with Crippen molar-refractivity contribution in [2.75, 3.05) is 24.7 Å². The van der Waals surface area contributed by atoms with Crippen molar-refractivity contribution < 1.29 is 22.7 Å². The van der Waals surface area contributed by atoms with Crippen molar-refractivity contribution >= 4 is 44.5 Å². The van der Waals surface area contributed by atoms with Gasteiger partial charge in [-0.1, -0.05) is 24.3 Å². The molecule has 33 heavy (non-hydrogen) atoms. The van der Waals surface area contributed by atoms with Crippen molar-refractivity contribution in [1.82, 2.24) is 4.31 Å². The molecule has 1 fully saturated rings. The first-order valence-electron chi connectivity index (χ1n) is 10.0. The van der Waals surface area contributed by atoms with Gasteiger partial charge in [0.15, 0.2) is 6.73 Å². The second-order valence-corrected chi connectivity index (χ2v) is 10.5. The highest BCUT2D eigenvalue weighted by atomic mass is 32.2. The zero-order valence-electron chi connectivity index (χ0n) is 17.3. The van der Waals surface area contributed by atoms with E-state index in [1.54, 1.807) is 53.9 Å². The number of carbonyl (C=O) groups excluding carboxylic acids is 2. The number of piperidine rings is 1. The maximum absolute atomic E-state index is 12.9. The van der Waals surface area contributed by atoms with Gasteiger partial charge in [0.1, 0.15) is 21.9 Å². The second-order valence-electron chi connectivity index (χ2n) is 7.43. The maximum atomic E-state index is 12.9. The lowest BCUT2D eigenvalue weighted by molar-refractivity contribution is -0.150. The zero-order chi connectivity index (χ0) is 23.6. The highest BCUT2D eigenvalue weighted by Gasteiger charge is 2.37. The third kappa shape index (κ3) is 4.14. The van der Waals surface area contributed by atoms with Crippen LogP contribution in [0.15, 0.2) is 51.6 Å². The highest BCUT2D eigenvalue weighted by Crippen LogP contribution is 2.38. The van der Waals surface area contributed by atoms with Gasteiger partial charge in [-0.2, -0.15) is 14.8 Å². The molecule has 2 aliphatic heterocycles. The van der Waals surface area contributed by atoms with Crippen LogP contribution in [-0.4, -0.2) is 44.4 Å². The number of carbonyl (C=O) groups is 2. The number of nitriles is 2. The summed E-state index contributed by atoms with van der Waals surface area (Å²) in [5.41, 5.74) is 0.563. The number of allylic oxidation sites excluding steroid dienone is 1. The van der Waals surface area contributed by atoms with Crippen molar-refractivity contribution in [2.24, 2.45) is 5.92 Å². The molecule has 3 heterocycles. The Labute approximate surface area is 194 Å². The predicted octanol–water partition coefficient (Wildman–Crippen LogP) is 2.50. The molecule has 0 unspecified atom stereocenters. The Morgan fingerprint density at radius 2 is 1.82 bits per heavy atom. The van der Waals surface area contributed by atoms with Crippen LogP contribution >= 0.6 is 11.3 Å². The summed E-state index contributed by atoms with van der Waals surface area (Å²) in [6.07, 6.45) is 0.623. The van der Waals surface area contributed by atoms with E-state index < -0.39 is 27.8 Å². The van der Waals surface area contributed by atoms with Gasteiger partial charge in [0, 0.05) is 18.7 Å². The number of benzene rings is 1. The van der Waals surface area contributed by atoms with Gasteiger partial charge >= 0.3 is 5.97 Å². The Bertz CT molecular complexity index is 1300. The molecule has 168 valence electrons. The molecule has 2 aromatic rings. The normalized spacial score (nSPS) is 16.7. The summed E-state index contributed by atoms with van der Waals surface area (Å²) >= 11 is 1.15. The molecule has 9 nitrogen and oxygen atoms in total. The van der Waals surface area contributed by atoms with E-state index in [4.69, 9.17) is 4.74 Å². The Kier molecular flexibility index (Phi) is 6.29. The topological polar surface area (TPSA) is 132 Å². The van der Waals surface area contributed by atoms with Crippen molar-refractivity contribution in [2.45, 2.75) is 17.1 Å². The van der Waals surface area contributed by atoms with Gasteiger partial charge in [0.05, 0.1) is 17.2 Å². The van der Waals surface area contributed by atoms with Crippen LogP contribution in [0.5, 0.6) is 0 Å². The molecule has 1 aromatic carbocycles. The lowest BCUT2D eigenvalue weighted by Crippen LogP contribution is -2.41. The Hall–Kier alpha value is -3.51. The molecule has 0 bridgehead atoms. The lowest BCUT2D eigenvalue weighted by Gasteiger charge is -2.30. The first-order chi connectivity index (χ1) is 15.9. The van der Waals surface area contributed by atoms with E-state index in [-0.39, 0.29) is 35.2 Å². The van der Waals surface area contributed by atoms with Crippen molar-refractivity contribution in [1.29, 1.82) is 10.5 Å². The summed E-state index contributed by atoms with van der Waals surface area (Å²) in [7, 11) is -3.56. The van der Waals surface area contributed by atoms with Gasteiger partial charge < -0.3 is 4.74 Å². The Balaban J connectivity index is 1.41. The largest absolute Gasteiger partial charge is 0.444 e. The van der Waals surface area contributed by atoms with Gasteiger partial charge in [-0.05, 0) is 30.4 Å². The monoisotopic (exact) mass is 482 g/mol. The molecule has 0 aliphatic carbocycles. The SMILES string of the molecule is N#CC(C#N)=C1C(=O)N(COC(=O)C2CCN(S(=O)(=O)c3cccs3)CC2)c2ccccc21. The molecule has 0 saturated carbocycles. The van der Waals surface area contributed by atoms with Crippen molar-refractivity contribution in [3.05, 3.63) is 52.9 Å². The van der Waals surface area contributed by atoms with Gasteiger partial charge in [0.2, 0.25) is 0 Å². The van der Waals surface area contributed by atoms with Crippen LogP contribution in [0.2, 0.25) is 0 Å². The summed E-state index contributed by atoms with van der Waals surface area (Å²) in [5.74, 6) is -1.60. The van der Waals surface area contributed by atoms with E-state index in [1.807, 2.05) is 0 Å². The number of rotatable bonds is 5. The number of ether oxygens (including phenoxy) is 1. The summed E-state index contributed by atoms with van der Waals surface area (Å²) in [4.78, 5) is 26.7. The van der Waals surface area contributed by atoms with Crippen LogP contribution in [0, 0.1) is 28.6 Å². The number of thiophene rings is 1. The van der Waals surface area contributed by atoms with Crippen molar-refractivity contribution in [3.8, 4) is 12.1 Å². The number of anilines is 1. The van der Waals surface area contributed by atoms with Gasteiger partial charge in [0.25, 0.3) is 15.9 Å². The molecule has 1 amide bonds. The van der Waals surface area contributed by atoms with Crippen LogP contribution in [0.3, 0.4) is 0 Å². The maximum Gasteiger partial charge on any atom is 0.310 e. The molecule has 1 aromatic heterocycles. The van der Waals surface area contributed by atoms with Crippen LogP contribution in [0.1, 0.15) is 18.4 Å². The number of sulfonamides is 1. The molecule has 0 radical (unpaired) electrons. The Morgan fingerprint density at radius 1 is 1.12 bits per heavy atom. The summed E-state index contributed by atoms with van der Waals surface area (Å²) in [6, 6.07) is 13.4. The minimum absolute atomic E-state index is 0.0151. The van der Waals surface area contributed by atoms with E-state index >= 15 is 0 Å². The fourth-order valence-electron chi connectivity index (χ4n) is 3.90. The molecule has 11 heteroatoms. The summed E-state index contributed by atoms with van der Waals surface area (Å²) < 4.78 is 32.3. The van der Waals surface area contributed by atoms with Gasteiger partial charge in [-0.25, -0.2) is 8.42 Å². The predicted molar refractivity (Wildman–Crippen MR) is 119 cm³/mol. The van der Waals surface area contributed by atoms with E-state index in [0.717, 1.165) is 11.3 Å². The van der Waals surface area contributed by atoms with E-state index in [0.29, 0.717) is 24.1 Å². The Morgan fingerprint density at radius 3 is 2.45 bits per heavy atom. The molecule has 0 spiro atoms. The molecule has 2 aliphatic rings. The first kappa shape index (κ1) is 22.7. The average Bonchev–Trinajstić information content (AvgIpc) is 3.47. The van der Waals surface area contributed by atoms with Crippen LogP contribution < -0.4 is 4.90 Å². The second kappa shape index (κ2) is 9.16. The quantitative estimate of drug-likeness (QED) is 0.363. The smallest absolute Gasteiger partial charge is 0.310 e. The van der Waals surface area contributed by atoms with Crippen LogP contribution in [0.25, 0.3) is 5.57 Å². The van der Waals surface area contributed by atoms with E-state index in [2.05, 4.69) is 0 Å². The molecule has 1 saturated heterocycles. The van der Waals surface area contributed by atoms with Crippen LogP contribution in [0.4, 0.5) is 5.69 Å². The molecular weight excluding hydrogens is 464 g/mol. The summed E-state index contributed by atoms with van der Waals surface area (Å²) in [6.45, 7) is 0.0359. The third-order valence-electron chi connectivity index (χ3n) is 5.61. The number of esters is 1. The average molecular weight is 483 g/mol. The number of hydrogen-bond donors (Lipinski definition) is 0. The zero-order valence-corrected chi connectivity index (χ0v) is 18.9. The van der Waals surface area contributed by atoms with Gasteiger partial charge in [-0.15, -0.1) is 11.3 Å². The molecule has 0 N–H and O–H groups in total. The first-order valence-corrected chi connectivity index (χ1v) is 12.4. The molecule has 4 rings (SSSR count). The number of amides is 1. The molecule has 0 atom stereocenters. The van der Waals surface area contributed by atoms with Gasteiger partial charge in [-0.3, -0.25) is 14.5 Å². The number of nitrogens with zero attached hydrogens (tertiary/aromatic N) is 4. The molecular formula is C22H18N4O5S2. The van der Waals surface area contributed by atoms with Crippen molar-refractivity contribution in [3.63, 3.8) is 0 Å². The fourth-order valence-corrected chi connectivity index (χ4v) is 6.52.